The van der Waals surface area contributed by atoms with Gasteiger partial charge in [-0.05, 0) is 81.5 Å². The summed E-state index contributed by atoms with van der Waals surface area (Å²) in [5, 5.41) is 9.52. The van der Waals surface area contributed by atoms with Crippen molar-refractivity contribution in [2.45, 2.75) is 57.3 Å². The average molecular weight is 564 g/mol. The largest absolute Gasteiger partial charge is 0.483 e. The fraction of sp³-hybridized carbons (Fsp3) is 0.310. The van der Waals surface area contributed by atoms with Crippen LogP contribution in [0.3, 0.4) is 0 Å². The number of carboxylic acid groups (broad SMARTS) is 1. The minimum absolute atomic E-state index is 0.0528. The lowest BCUT2D eigenvalue weighted by Gasteiger charge is -2.25. The number of carbonyl (C=O) groups excluding carboxylic acids is 1. The molecule has 11 heteroatoms. The molecule has 210 valence electrons. The maximum absolute atomic E-state index is 12.4. The highest BCUT2D eigenvalue weighted by atomic mass is 32.2. The summed E-state index contributed by atoms with van der Waals surface area (Å²) in [7, 11) is -3.91. The number of aryl methyl sites for hydroxylation is 3. The van der Waals surface area contributed by atoms with Crippen LogP contribution in [0.2, 0.25) is 0 Å². The number of hydrogen-bond donors (Lipinski definition) is 3. The van der Waals surface area contributed by atoms with Gasteiger partial charge in [-0.15, -0.1) is 0 Å². The number of nitrogens with zero attached hydrogens (tertiary/aromatic N) is 3. The van der Waals surface area contributed by atoms with Crippen molar-refractivity contribution in [3.63, 3.8) is 0 Å². The fourth-order valence-electron chi connectivity index (χ4n) is 4.64. The fourth-order valence-corrected chi connectivity index (χ4v) is 5.57. The smallest absolute Gasteiger partial charge is 0.328 e. The molecule has 2 amide bonds. The van der Waals surface area contributed by atoms with Gasteiger partial charge in [0.2, 0.25) is 0 Å². The second kappa shape index (κ2) is 12.3. The van der Waals surface area contributed by atoms with Crippen molar-refractivity contribution >= 4 is 33.7 Å². The van der Waals surface area contributed by atoms with Gasteiger partial charge in [0.15, 0.2) is 5.65 Å². The molecule has 0 saturated heterocycles. The first-order valence-corrected chi connectivity index (χ1v) is 14.5. The van der Waals surface area contributed by atoms with Crippen LogP contribution >= 0.6 is 0 Å². The Morgan fingerprint density at radius 3 is 2.30 bits per heavy atom. The van der Waals surface area contributed by atoms with Crippen LogP contribution in [0.4, 0.5) is 4.79 Å². The van der Waals surface area contributed by atoms with Gasteiger partial charge < -0.3 is 10.4 Å². The third-order valence-corrected chi connectivity index (χ3v) is 8.23. The van der Waals surface area contributed by atoms with Crippen LogP contribution in [0.1, 0.15) is 53.4 Å². The zero-order valence-electron chi connectivity index (χ0n) is 22.7. The van der Waals surface area contributed by atoms with E-state index in [1.807, 2.05) is 26.0 Å². The number of benzene rings is 2. The molecule has 0 atom stereocenters. The lowest BCUT2D eigenvalue weighted by Crippen LogP contribution is -2.40. The van der Waals surface area contributed by atoms with E-state index in [0.717, 1.165) is 57.9 Å². The Bertz CT molecular complexity index is 1610. The number of urea groups is 1. The first-order chi connectivity index (χ1) is 19.1. The van der Waals surface area contributed by atoms with E-state index < -0.39 is 16.1 Å². The number of sulfonamides is 1. The maximum atomic E-state index is 12.4. The quantitative estimate of drug-likeness (QED) is 0.280. The van der Waals surface area contributed by atoms with Gasteiger partial charge in [-0.2, -0.15) is 0 Å². The second-order valence-electron chi connectivity index (χ2n) is 9.88. The van der Waals surface area contributed by atoms with Gasteiger partial charge >= 0.3 is 6.03 Å². The molecule has 2 aromatic heterocycles. The number of carbonyl (C=O) groups is 2. The van der Waals surface area contributed by atoms with Crippen molar-refractivity contribution in [2.24, 2.45) is 0 Å². The molecule has 3 N–H and O–H groups in total. The third-order valence-electron chi connectivity index (χ3n) is 6.88. The number of pyridine rings is 1. The normalized spacial score (nSPS) is 13.2. The predicted octanol–water partition coefficient (Wildman–Crippen LogP) is 4.54. The monoisotopic (exact) mass is 563 g/mol. The minimum Gasteiger partial charge on any atom is -0.483 e. The van der Waals surface area contributed by atoms with Gasteiger partial charge in [0.05, 0.1) is 4.90 Å². The van der Waals surface area contributed by atoms with Crippen LogP contribution in [-0.4, -0.2) is 47.1 Å². The molecular formula is C29H33N5O5S. The van der Waals surface area contributed by atoms with Gasteiger partial charge in [0.25, 0.3) is 16.5 Å². The maximum Gasteiger partial charge on any atom is 0.328 e. The van der Waals surface area contributed by atoms with Crippen molar-refractivity contribution in [3.8, 4) is 5.69 Å². The topological polar surface area (TPSA) is 143 Å². The summed E-state index contributed by atoms with van der Waals surface area (Å²) < 4.78 is 29.0. The third kappa shape index (κ3) is 6.48. The summed E-state index contributed by atoms with van der Waals surface area (Å²) in [5.74, 6) is 1.52. The summed E-state index contributed by atoms with van der Waals surface area (Å²) in [6, 6.07) is 15.8. The molecule has 2 heterocycles. The lowest BCUT2D eigenvalue weighted by molar-refractivity contribution is -0.122. The number of aromatic nitrogens is 3. The van der Waals surface area contributed by atoms with E-state index in [0.29, 0.717) is 18.9 Å². The number of imidazole rings is 1. The minimum atomic E-state index is -3.91. The van der Waals surface area contributed by atoms with Crippen molar-refractivity contribution in [3.05, 3.63) is 82.8 Å². The van der Waals surface area contributed by atoms with Crippen molar-refractivity contribution < 1.29 is 23.1 Å². The number of nitrogens with one attached hydrogen (secondary N) is 2. The molecule has 4 aromatic rings. The van der Waals surface area contributed by atoms with E-state index in [-0.39, 0.29) is 11.4 Å². The number of rotatable bonds is 7. The van der Waals surface area contributed by atoms with Crippen LogP contribution < -0.4 is 10.0 Å². The highest BCUT2D eigenvalue weighted by Crippen LogP contribution is 2.38. The zero-order valence-corrected chi connectivity index (χ0v) is 23.5. The van der Waals surface area contributed by atoms with E-state index in [4.69, 9.17) is 19.9 Å². The number of amides is 2. The molecule has 0 unspecified atom stereocenters. The van der Waals surface area contributed by atoms with E-state index in [1.54, 1.807) is 12.1 Å². The first kappa shape index (κ1) is 28.8. The van der Waals surface area contributed by atoms with E-state index >= 15 is 0 Å². The van der Waals surface area contributed by atoms with Crippen molar-refractivity contribution in [2.75, 3.05) is 6.54 Å². The Hall–Kier alpha value is -4.25. The highest BCUT2D eigenvalue weighted by Gasteiger charge is 2.27. The molecule has 0 spiro atoms. The van der Waals surface area contributed by atoms with Crippen LogP contribution in [0.15, 0.2) is 59.5 Å². The summed E-state index contributed by atoms with van der Waals surface area (Å²) >= 11 is 0. The van der Waals surface area contributed by atoms with Crippen molar-refractivity contribution in [1.29, 1.82) is 0 Å². The summed E-state index contributed by atoms with van der Waals surface area (Å²) in [4.78, 5) is 30.4. The molecule has 1 aliphatic carbocycles. The average Bonchev–Trinajstić information content (AvgIpc) is 3.23. The molecule has 5 rings (SSSR count). The summed E-state index contributed by atoms with van der Waals surface area (Å²) in [5.41, 5.74) is 6.92. The molecule has 0 bridgehead atoms. The molecule has 0 radical (unpaired) electrons. The molecular weight excluding hydrogens is 530 g/mol. The molecule has 1 saturated carbocycles. The Morgan fingerprint density at radius 2 is 1.70 bits per heavy atom. The lowest BCUT2D eigenvalue weighted by atomic mass is 9.85. The van der Waals surface area contributed by atoms with Crippen LogP contribution in [-0.2, 0) is 21.2 Å². The zero-order chi connectivity index (χ0) is 28.9. The van der Waals surface area contributed by atoms with E-state index in [1.165, 1.54) is 18.6 Å². The van der Waals surface area contributed by atoms with E-state index in [2.05, 4.69) is 39.7 Å². The predicted molar refractivity (Wildman–Crippen MR) is 152 cm³/mol. The summed E-state index contributed by atoms with van der Waals surface area (Å²) in [6.45, 7) is 6.00. The standard InChI is InChI=1S/C28H31N5O3S.CH2O2/c1-18-7-13-24(14-8-18)37(35,36)32-28(34)29-16-15-21-9-11-23(12-10-21)33-26(22-5-4-6-22)31-25-19(2)17-20(3)30-27(25)33;2-1-3/h7-14,17,22H,4-6,15-16H2,1-3H3,(H2,29,32,34);1H,(H,2,3). The Morgan fingerprint density at radius 1 is 1.05 bits per heavy atom. The Labute approximate surface area is 233 Å². The van der Waals surface area contributed by atoms with E-state index in [9.17, 15) is 13.2 Å². The van der Waals surface area contributed by atoms with Gasteiger partial charge in [-0.3, -0.25) is 9.36 Å². The first-order valence-electron chi connectivity index (χ1n) is 13.0. The number of hydrogen-bond acceptors (Lipinski definition) is 6. The summed E-state index contributed by atoms with van der Waals surface area (Å²) in [6.07, 6.45) is 4.08. The van der Waals surface area contributed by atoms with Crippen LogP contribution in [0, 0.1) is 20.8 Å². The van der Waals surface area contributed by atoms with Gasteiger partial charge in [-0.1, -0.05) is 36.2 Å². The van der Waals surface area contributed by atoms with Crippen LogP contribution in [0.5, 0.6) is 0 Å². The Balaban J connectivity index is 0.00000118. The molecule has 1 fully saturated rings. The molecule has 0 aliphatic heterocycles. The molecule has 10 nitrogen and oxygen atoms in total. The molecule has 40 heavy (non-hydrogen) atoms. The van der Waals surface area contributed by atoms with Gasteiger partial charge in [-0.25, -0.2) is 27.9 Å². The van der Waals surface area contributed by atoms with Crippen LogP contribution in [0.25, 0.3) is 16.9 Å². The molecule has 1 aliphatic rings. The SMILES string of the molecule is Cc1ccc(S(=O)(=O)NC(=O)NCCc2ccc(-n3c(C4CCC4)nc4c(C)cc(C)nc43)cc2)cc1.O=CO. The molecule has 2 aromatic carbocycles. The second-order valence-corrected chi connectivity index (χ2v) is 11.6. The van der Waals surface area contributed by atoms with Crippen molar-refractivity contribution in [1.82, 2.24) is 24.6 Å². The van der Waals surface area contributed by atoms with Gasteiger partial charge in [0, 0.05) is 23.8 Å². The van der Waals surface area contributed by atoms with Gasteiger partial charge in [0.1, 0.15) is 11.3 Å². The highest BCUT2D eigenvalue weighted by molar-refractivity contribution is 7.90. The Kier molecular flexibility index (Phi) is 8.83. The number of fused-ring (bicyclic) bond motifs is 1.